The SMILES string of the molecule is CCCCCCCCCCC(COC(=O)OCC)COP(=O)(O)OCC[N+](C)(C)C. The largest absolute Gasteiger partial charge is 0.508 e. The molecule has 2 atom stereocenters. The van der Waals surface area contributed by atoms with E-state index in [1.807, 2.05) is 21.1 Å². The average Bonchev–Trinajstić information content (AvgIpc) is 2.64. The first-order valence-corrected chi connectivity index (χ1v) is 12.8. The van der Waals surface area contributed by atoms with Gasteiger partial charge in [-0.05, 0) is 13.3 Å². The smallest absolute Gasteiger partial charge is 0.435 e. The summed E-state index contributed by atoms with van der Waals surface area (Å²) in [5.41, 5.74) is 0. The molecule has 0 aromatic rings. The molecule has 30 heavy (non-hydrogen) atoms. The Morgan fingerprint density at radius 2 is 1.50 bits per heavy atom. The first-order chi connectivity index (χ1) is 14.1. The second kappa shape index (κ2) is 17.0. The predicted octanol–water partition coefficient (Wildman–Crippen LogP) is 5.15. The number of carbonyl (C=O) groups excluding carboxylic acids is 1. The van der Waals surface area contributed by atoms with E-state index in [1.54, 1.807) is 6.92 Å². The number of phosphoric ester groups is 1. The molecule has 2 unspecified atom stereocenters. The van der Waals surface area contributed by atoms with E-state index < -0.39 is 14.0 Å². The van der Waals surface area contributed by atoms with Gasteiger partial charge in [-0.25, -0.2) is 9.36 Å². The van der Waals surface area contributed by atoms with Crippen molar-refractivity contribution < 1.29 is 37.3 Å². The van der Waals surface area contributed by atoms with Gasteiger partial charge in [0.25, 0.3) is 0 Å². The van der Waals surface area contributed by atoms with Gasteiger partial charge in [-0.15, -0.1) is 0 Å². The number of unbranched alkanes of at least 4 members (excludes halogenated alkanes) is 7. The van der Waals surface area contributed by atoms with Crippen molar-refractivity contribution in [2.45, 2.75) is 71.6 Å². The molecule has 0 aliphatic carbocycles. The molecule has 0 aliphatic heterocycles. The van der Waals surface area contributed by atoms with E-state index in [2.05, 4.69) is 6.92 Å². The van der Waals surface area contributed by atoms with Crippen molar-refractivity contribution in [3.05, 3.63) is 0 Å². The van der Waals surface area contributed by atoms with E-state index >= 15 is 0 Å². The van der Waals surface area contributed by atoms with E-state index in [0.29, 0.717) is 11.0 Å². The number of hydrogen-bond acceptors (Lipinski definition) is 6. The molecule has 0 amide bonds. The lowest BCUT2D eigenvalue weighted by atomic mass is 10.0. The Labute approximate surface area is 183 Å². The molecule has 0 radical (unpaired) electrons. The minimum Gasteiger partial charge on any atom is -0.435 e. The Bertz CT molecular complexity index is 482. The Kier molecular flexibility index (Phi) is 16.6. The molecule has 0 aliphatic rings. The monoisotopic (exact) mass is 454 g/mol. The maximum Gasteiger partial charge on any atom is 0.508 e. The normalized spacial score (nSPS) is 14.9. The first kappa shape index (κ1) is 29.3. The minimum absolute atomic E-state index is 0.00590. The third-order valence-corrected chi connectivity index (χ3v) is 5.64. The van der Waals surface area contributed by atoms with Gasteiger partial charge < -0.3 is 18.9 Å². The van der Waals surface area contributed by atoms with Crippen molar-refractivity contribution in [1.82, 2.24) is 0 Å². The van der Waals surface area contributed by atoms with E-state index in [9.17, 15) is 14.3 Å². The van der Waals surface area contributed by atoms with Gasteiger partial charge in [0.15, 0.2) is 0 Å². The molecule has 9 heteroatoms. The number of quaternary nitrogens is 1. The molecule has 1 N–H and O–H groups in total. The standard InChI is InChI=1S/C21H44NO7P/c1-6-8-9-10-11-12-13-14-15-20(18-27-21(23)26-7-2)19-29-30(24,25)28-17-16-22(3,4)5/h20H,6-19H2,1-5H3/p+1. The van der Waals surface area contributed by atoms with Crippen molar-refractivity contribution in [1.29, 1.82) is 0 Å². The number of hydrogen-bond donors (Lipinski definition) is 1. The highest BCUT2D eigenvalue weighted by Gasteiger charge is 2.25. The second-order valence-corrected chi connectivity index (χ2v) is 10.2. The van der Waals surface area contributed by atoms with Crippen LogP contribution in [-0.2, 0) is 23.1 Å². The number of likely N-dealkylation sites (N-methyl/N-ethyl adjacent to an activating group) is 1. The molecule has 0 saturated carbocycles. The van der Waals surface area contributed by atoms with E-state index in [0.717, 1.165) is 19.3 Å². The zero-order chi connectivity index (χ0) is 22.9. The molecule has 0 rings (SSSR count). The maximum absolute atomic E-state index is 12.1. The van der Waals surface area contributed by atoms with Crippen LogP contribution < -0.4 is 0 Å². The molecular formula is C21H45NO7P+. The predicted molar refractivity (Wildman–Crippen MR) is 118 cm³/mol. The average molecular weight is 455 g/mol. The van der Waals surface area contributed by atoms with Crippen LogP contribution in [0.2, 0.25) is 0 Å². The summed E-state index contributed by atoms with van der Waals surface area (Å²) >= 11 is 0. The van der Waals surface area contributed by atoms with Gasteiger partial charge in [-0.3, -0.25) is 9.05 Å². The van der Waals surface area contributed by atoms with Crippen molar-refractivity contribution in [2.24, 2.45) is 5.92 Å². The Morgan fingerprint density at radius 1 is 0.900 bits per heavy atom. The highest BCUT2D eigenvalue weighted by atomic mass is 31.2. The molecule has 8 nitrogen and oxygen atoms in total. The van der Waals surface area contributed by atoms with Crippen molar-refractivity contribution in [2.75, 3.05) is 54.1 Å². The molecule has 0 saturated heterocycles. The minimum atomic E-state index is -4.13. The summed E-state index contributed by atoms with van der Waals surface area (Å²) in [6, 6.07) is 0. The first-order valence-electron chi connectivity index (χ1n) is 11.3. The fourth-order valence-corrected chi connectivity index (χ4v) is 3.58. The highest BCUT2D eigenvalue weighted by molar-refractivity contribution is 7.47. The molecule has 180 valence electrons. The highest BCUT2D eigenvalue weighted by Crippen LogP contribution is 2.43. The zero-order valence-electron chi connectivity index (χ0n) is 19.8. The summed E-state index contributed by atoms with van der Waals surface area (Å²) in [7, 11) is 1.78. The van der Waals surface area contributed by atoms with Gasteiger partial charge in [0.1, 0.15) is 13.2 Å². The van der Waals surface area contributed by atoms with Gasteiger partial charge >= 0.3 is 14.0 Å². The summed E-state index contributed by atoms with van der Waals surface area (Å²) < 4.78 is 32.8. The summed E-state index contributed by atoms with van der Waals surface area (Å²) in [5, 5.41) is 0. The molecule has 0 aromatic heterocycles. The third kappa shape index (κ3) is 19.3. The van der Waals surface area contributed by atoms with Crippen LogP contribution in [0.3, 0.4) is 0 Å². The lowest BCUT2D eigenvalue weighted by Gasteiger charge is -2.24. The van der Waals surface area contributed by atoms with Crippen molar-refractivity contribution >= 4 is 14.0 Å². The molecule has 0 spiro atoms. The summed E-state index contributed by atoms with van der Waals surface area (Å²) in [5.74, 6) is -0.183. The summed E-state index contributed by atoms with van der Waals surface area (Å²) in [6.45, 7) is 4.95. The number of ether oxygens (including phenoxy) is 2. The van der Waals surface area contributed by atoms with Gasteiger partial charge in [0, 0.05) is 5.92 Å². The molecule has 0 aromatic carbocycles. The number of phosphoric acid groups is 1. The van der Waals surface area contributed by atoms with Crippen LogP contribution in [0.25, 0.3) is 0 Å². The van der Waals surface area contributed by atoms with E-state index in [4.69, 9.17) is 18.5 Å². The third-order valence-electron chi connectivity index (χ3n) is 4.65. The van der Waals surface area contributed by atoms with Crippen LogP contribution in [0.15, 0.2) is 0 Å². The van der Waals surface area contributed by atoms with Crippen LogP contribution in [-0.4, -0.2) is 69.6 Å². The Hall–Kier alpha value is -0.660. The van der Waals surface area contributed by atoms with Gasteiger partial charge in [-0.1, -0.05) is 58.3 Å². The molecule has 0 bridgehead atoms. The van der Waals surface area contributed by atoms with Gasteiger partial charge in [-0.2, -0.15) is 0 Å². The molecule has 0 heterocycles. The maximum atomic E-state index is 12.1. The quantitative estimate of drug-likeness (QED) is 0.125. The van der Waals surface area contributed by atoms with E-state index in [-0.39, 0.29) is 32.3 Å². The lowest BCUT2D eigenvalue weighted by Crippen LogP contribution is -2.37. The topological polar surface area (TPSA) is 91.3 Å². The van der Waals surface area contributed by atoms with Crippen molar-refractivity contribution in [3.63, 3.8) is 0 Å². The number of nitrogens with zero attached hydrogens (tertiary/aromatic N) is 1. The molecular weight excluding hydrogens is 409 g/mol. The van der Waals surface area contributed by atoms with Crippen LogP contribution >= 0.6 is 7.82 Å². The molecule has 0 fully saturated rings. The van der Waals surface area contributed by atoms with Crippen LogP contribution in [0, 0.1) is 5.92 Å². The lowest BCUT2D eigenvalue weighted by molar-refractivity contribution is -0.870. The summed E-state index contributed by atoms with van der Waals surface area (Å²) in [6.07, 6.45) is 9.54. The Balaban J connectivity index is 4.34. The van der Waals surface area contributed by atoms with Crippen LogP contribution in [0.1, 0.15) is 71.6 Å². The Morgan fingerprint density at radius 3 is 2.07 bits per heavy atom. The second-order valence-electron chi connectivity index (χ2n) is 8.74. The number of rotatable bonds is 19. The van der Waals surface area contributed by atoms with Crippen molar-refractivity contribution in [3.8, 4) is 0 Å². The summed E-state index contributed by atoms with van der Waals surface area (Å²) in [4.78, 5) is 21.4. The van der Waals surface area contributed by atoms with Crippen LogP contribution in [0.4, 0.5) is 4.79 Å². The van der Waals surface area contributed by atoms with E-state index in [1.165, 1.54) is 38.5 Å². The van der Waals surface area contributed by atoms with Crippen LogP contribution in [0.5, 0.6) is 0 Å². The number of carbonyl (C=O) groups is 1. The fourth-order valence-electron chi connectivity index (χ4n) is 2.79. The fraction of sp³-hybridized carbons (Fsp3) is 0.952. The van der Waals surface area contributed by atoms with Gasteiger partial charge in [0.05, 0.1) is 41.0 Å². The zero-order valence-corrected chi connectivity index (χ0v) is 20.7. The van der Waals surface area contributed by atoms with Gasteiger partial charge in [0.2, 0.25) is 0 Å².